The van der Waals surface area contributed by atoms with E-state index >= 15 is 0 Å². The fraction of sp³-hybridized carbons (Fsp3) is 0.280. The molecule has 2 aromatic heterocycles. The minimum Gasteiger partial charge on any atom is -0.352 e. The van der Waals surface area contributed by atoms with Gasteiger partial charge in [0.1, 0.15) is 17.5 Å². The second kappa shape index (κ2) is 8.10. The summed E-state index contributed by atoms with van der Waals surface area (Å²) in [6, 6.07) is 9.67. The fourth-order valence-corrected chi connectivity index (χ4v) is 4.65. The summed E-state index contributed by atoms with van der Waals surface area (Å²) in [6.07, 6.45) is 2.93. The van der Waals surface area contributed by atoms with Gasteiger partial charge >= 0.3 is 0 Å². The van der Waals surface area contributed by atoms with Gasteiger partial charge in [-0.1, -0.05) is 0 Å². The molecule has 0 spiro atoms. The van der Waals surface area contributed by atoms with Gasteiger partial charge < -0.3 is 10.3 Å². The molecule has 0 bridgehead atoms. The second-order valence-electron chi connectivity index (χ2n) is 8.74. The lowest BCUT2D eigenvalue weighted by molar-refractivity contribution is -0.128. The Bertz CT molecular complexity index is 1340. The Kier molecular flexibility index (Phi) is 5.23. The van der Waals surface area contributed by atoms with Gasteiger partial charge in [0, 0.05) is 30.6 Å². The number of amides is 1. The summed E-state index contributed by atoms with van der Waals surface area (Å²) in [5.74, 6) is -2.05. The normalized spacial score (nSPS) is 18.8. The van der Waals surface area contributed by atoms with Crippen molar-refractivity contribution in [2.45, 2.75) is 31.7 Å². The predicted octanol–water partition coefficient (Wildman–Crippen LogP) is 5.36. The summed E-state index contributed by atoms with van der Waals surface area (Å²) < 4.78 is 43.7. The molecule has 2 aromatic carbocycles. The van der Waals surface area contributed by atoms with E-state index < -0.39 is 11.6 Å². The number of rotatable bonds is 5. The second-order valence-corrected chi connectivity index (χ2v) is 8.74. The Morgan fingerprint density at radius 1 is 1.12 bits per heavy atom. The number of carbonyl (C=O) groups is 1. The van der Waals surface area contributed by atoms with Gasteiger partial charge in [0.05, 0.1) is 22.9 Å². The molecule has 1 unspecified atom stereocenters. The van der Waals surface area contributed by atoms with Gasteiger partial charge in [-0.05, 0) is 73.2 Å². The molecule has 0 radical (unpaired) electrons. The highest BCUT2D eigenvalue weighted by molar-refractivity contribution is 5.92. The molecule has 2 N–H and O–H groups in total. The van der Waals surface area contributed by atoms with Gasteiger partial charge in [0.25, 0.3) is 0 Å². The zero-order valence-corrected chi connectivity index (χ0v) is 18.2. The molecule has 4 aromatic rings. The van der Waals surface area contributed by atoms with Crippen molar-refractivity contribution >= 4 is 16.8 Å². The largest absolute Gasteiger partial charge is 0.352 e. The van der Waals surface area contributed by atoms with E-state index in [1.54, 1.807) is 16.8 Å². The van der Waals surface area contributed by atoms with Crippen LogP contribution in [0.3, 0.4) is 0 Å². The molecule has 170 valence electrons. The standard InChI is InChI=1S/C25H23F3N4O/c1-13(21-7-8-32(2)31-21)29-25(33)16-9-15(10-16)22-19-11-18(27)12-20(28)24(19)30-23(22)14-3-5-17(26)6-4-14/h3-8,11-13,15-16,30H,9-10H2,1-2H3,(H,29,33). The highest BCUT2D eigenvalue weighted by Gasteiger charge is 2.39. The highest BCUT2D eigenvalue weighted by Crippen LogP contribution is 2.48. The van der Waals surface area contributed by atoms with Crippen LogP contribution in [0.15, 0.2) is 48.7 Å². The van der Waals surface area contributed by atoms with Crippen molar-refractivity contribution in [3.63, 3.8) is 0 Å². The summed E-state index contributed by atoms with van der Waals surface area (Å²) in [5, 5.41) is 7.78. The summed E-state index contributed by atoms with van der Waals surface area (Å²) in [4.78, 5) is 15.8. The van der Waals surface area contributed by atoms with E-state index in [1.165, 1.54) is 18.2 Å². The van der Waals surface area contributed by atoms with E-state index in [1.807, 2.05) is 26.2 Å². The summed E-state index contributed by atoms with van der Waals surface area (Å²) >= 11 is 0. The monoisotopic (exact) mass is 452 g/mol. The van der Waals surface area contributed by atoms with Crippen molar-refractivity contribution in [3.8, 4) is 11.3 Å². The van der Waals surface area contributed by atoms with Crippen LogP contribution in [0.25, 0.3) is 22.2 Å². The van der Waals surface area contributed by atoms with Gasteiger partial charge in [0.15, 0.2) is 0 Å². The molecule has 0 saturated heterocycles. The number of hydrogen-bond donors (Lipinski definition) is 2. The molecule has 1 amide bonds. The summed E-state index contributed by atoms with van der Waals surface area (Å²) in [7, 11) is 1.82. The molecule has 2 heterocycles. The van der Waals surface area contributed by atoms with E-state index in [0.29, 0.717) is 29.5 Å². The van der Waals surface area contributed by atoms with Crippen molar-refractivity contribution in [2.75, 3.05) is 0 Å². The van der Waals surface area contributed by atoms with Gasteiger partial charge in [0.2, 0.25) is 5.91 Å². The third-order valence-corrected chi connectivity index (χ3v) is 6.45. The lowest BCUT2D eigenvalue weighted by atomic mass is 9.69. The van der Waals surface area contributed by atoms with Crippen LogP contribution < -0.4 is 5.32 Å². The smallest absolute Gasteiger partial charge is 0.223 e. The minimum atomic E-state index is -0.683. The van der Waals surface area contributed by atoms with Crippen LogP contribution >= 0.6 is 0 Å². The van der Waals surface area contributed by atoms with Crippen LogP contribution in [0.1, 0.15) is 43.0 Å². The Morgan fingerprint density at radius 3 is 2.52 bits per heavy atom. The maximum atomic E-state index is 14.5. The molecular weight excluding hydrogens is 429 g/mol. The Balaban J connectivity index is 1.41. The Labute approximate surface area is 188 Å². The lowest BCUT2D eigenvalue weighted by Gasteiger charge is -2.35. The van der Waals surface area contributed by atoms with Crippen LogP contribution in [0.2, 0.25) is 0 Å². The number of aryl methyl sites for hydroxylation is 1. The van der Waals surface area contributed by atoms with Crippen LogP contribution in [0, 0.1) is 23.4 Å². The number of benzene rings is 2. The minimum absolute atomic E-state index is 0.0547. The SMILES string of the molecule is CC(NC(=O)C1CC(c2c(-c3ccc(F)cc3)[nH]c3c(F)cc(F)cc23)C1)c1ccn(C)n1. The van der Waals surface area contributed by atoms with Gasteiger partial charge in [-0.3, -0.25) is 9.48 Å². The van der Waals surface area contributed by atoms with Crippen LogP contribution in [-0.2, 0) is 11.8 Å². The number of aromatic amines is 1. The average Bonchev–Trinajstić information content (AvgIpc) is 3.32. The summed E-state index contributed by atoms with van der Waals surface area (Å²) in [6.45, 7) is 1.88. The first-order valence-corrected chi connectivity index (χ1v) is 10.9. The van der Waals surface area contributed by atoms with Crippen molar-refractivity contribution in [1.29, 1.82) is 0 Å². The average molecular weight is 452 g/mol. The number of H-pyrrole nitrogens is 1. The molecule has 1 atom stereocenters. The molecule has 1 aliphatic carbocycles. The van der Waals surface area contributed by atoms with Crippen molar-refractivity contribution in [3.05, 3.63) is 77.4 Å². The third-order valence-electron chi connectivity index (χ3n) is 6.45. The number of nitrogens with one attached hydrogen (secondary N) is 2. The van der Waals surface area contributed by atoms with Gasteiger partial charge in [-0.25, -0.2) is 13.2 Å². The maximum absolute atomic E-state index is 14.5. The molecule has 8 heteroatoms. The lowest BCUT2D eigenvalue weighted by Crippen LogP contribution is -2.39. The van der Waals surface area contributed by atoms with Crippen LogP contribution in [0.5, 0.6) is 0 Å². The zero-order valence-electron chi connectivity index (χ0n) is 18.2. The molecule has 1 saturated carbocycles. The van der Waals surface area contributed by atoms with Crippen LogP contribution in [0.4, 0.5) is 13.2 Å². The quantitative estimate of drug-likeness (QED) is 0.428. The number of halogens is 3. The highest BCUT2D eigenvalue weighted by atomic mass is 19.1. The summed E-state index contributed by atoms with van der Waals surface area (Å²) in [5.41, 5.74) is 3.06. The fourth-order valence-electron chi connectivity index (χ4n) is 4.65. The maximum Gasteiger partial charge on any atom is 0.223 e. The molecular formula is C25H23F3N4O. The van der Waals surface area contributed by atoms with E-state index in [4.69, 9.17) is 0 Å². The van der Waals surface area contributed by atoms with E-state index in [9.17, 15) is 18.0 Å². The van der Waals surface area contributed by atoms with E-state index in [-0.39, 0.29) is 35.1 Å². The number of carbonyl (C=O) groups excluding carboxylic acids is 1. The number of fused-ring (bicyclic) bond motifs is 1. The molecule has 1 fully saturated rings. The number of aromatic nitrogens is 3. The predicted molar refractivity (Wildman–Crippen MR) is 119 cm³/mol. The van der Waals surface area contributed by atoms with Crippen molar-refractivity contribution in [2.24, 2.45) is 13.0 Å². The molecule has 0 aliphatic heterocycles. The van der Waals surface area contributed by atoms with Crippen molar-refractivity contribution in [1.82, 2.24) is 20.1 Å². The topological polar surface area (TPSA) is 62.7 Å². The Hall–Kier alpha value is -3.55. The first-order chi connectivity index (χ1) is 15.8. The van der Waals surface area contributed by atoms with E-state index in [0.717, 1.165) is 17.3 Å². The van der Waals surface area contributed by atoms with E-state index in [2.05, 4.69) is 15.4 Å². The van der Waals surface area contributed by atoms with Crippen molar-refractivity contribution < 1.29 is 18.0 Å². The first kappa shape index (κ1) is 21.3. The first-order valence-electron chi connectivity index (χ1n) is 10.9. The van der Waals surface area contributed by atoms with Gasteiger partial charge in [-0.2, -0.15) is 5.10 Å². The Morgan fingerprint density at radius 2 is 1.85 bits per heavy atom. The van der Waals surface area contributed by atoms with Gasteiger partial charge in [-0.15, -0.1) is 0 Å². The number of hydrogen-bond acceptors (Lipinski definition) is 2. The molecule has 1 aliphatic rings. The van der Waals surface area contributed by atoms with Crippen LogP contribution in [-0.4, -0.2) is 20.7 Å². The molecule has 5 nitrogen and oxygen atoms in total. The molecule has 5 rings (SSSR count). The number of nitrogens with zero attached hydrogens (tertiary/aromatic N) is 2. The molecule has 33 heavy (non-hydrogen) atoms. The third kappa shape index (κ3) is 3.90. The zero-order chi connectivity index (χ0) is 23.3.